The number of benzene rings is 1. The van der Waals surface area contributed by atoms with Crippen LogP contribution in [0, 0.1) is 6.92 Å². The van der Waals surface area contributed by atoms with Crippen molar-refractivity contribution in [1.29, 1.82) is 0 Å². The van der Waals surface area contributed by atoms with Crippen molar-refractivity contribution in [3.63, 3.8) is 0 Å². The first-order chi connectivity index (χ1) is 9.98. The van der Waals surface area contributed by atoms with Crippen LogP contribution in [0.5, 0.6) is 0 Å². The van der Waals surface area contributed by atoms with Gasteiger partial charge in [-0.05, 0) is 25.8 Å². The minimum absolute atomic E-state index is 0. The smallest absolute Gasteiger partial charge is 0.191 e. The number of sulfone groups is 1. The van der Waals surface area contributed by atoms with E-state index in [1.807, 2.05) is 19.1 Å². The van der Waals surface area contributed by atoms with Crippen LogP contribution in [0.1, 0.15) is 24.5 Å². The Kier molecular flexibility index (Phi) is 7.61. The molecule has 0 bridgehead atoms. The predicted molar refractivity (Wildman–Crippen MR) is 102 cm³/mol. The molecule has 0 spiro atoms. The SMILES string of the molecule is CCNC(=NCc1cccc(C)c1)NC1CCS(=O)(=O)C1.I. The van der Waals surface area contributed by atoms with E-state index in [9.17, 15) is 8.42 Å². The number of halogens is 1. The van der Waals surface area contributed by atoms with E-state index in [0.29, 0.717) is 18.9 Å². The first kappa shape index (κ1) is 19.2. The molecule has 1 unspecified atom stereocenters. The topological polar surface area (TPSA) is 70.6 Å². The Morgan fingerprint density at radius 2 is 2.18 bits per heavy atom. The molecular weight excluding hydrogens is 413 g/mol. The van der Waals surface area contributed by atoms with Gasteiger partial charge in [0.15, 0.2) is 15.8 Å². The molecule has 5 nitrogen and oxygen atoms in total. The normalized spacial score (nSPS) is 20.3. The Bertz CT molecular complexity index is 617. The summed E-state index contributed by atoms with van der Waals surface area (Å²) in [6.45, 7) is 5.38. The fraction of sp³-hybridized carbons (Fsp3) is 0.533. The Hall–Kier alpha value is -0.830. The number of hydrogen-bond donors (Lipinski definition) is 2. The molecule has 22 heavy (non-hydrogen) atoms. The number of rotatable bonds is 4. The number of aryl methyl sites for hydroxylation is 1. The highest BCUT2D eigenvalue weighted by atomic mass is 127. The molecule has 1 fully saturated rings. The van der Waals surface area contributed by atoms with Gasteiger partial charge in [-0.25, -0.2) is 13.4 Å². The van der Waals surface area contributed by atoms with E-state index in [1.165, 1.54) is 5.56 Å². The van der Waals surface area contributed by atoms with Crippen LogP contribution in [0.3, 0.4) is 0 Å². The molecule has 2 N–H and O–H groups in total. The molecule has 1 atom stereocenters. The van der Waals surface area contributed by atoms with Gasteiger partial charge in [0.1, 0.15) is 0 Å². The van der Waals surface area contributed by atoms with E-state index in [1.54, 1.807) is 0 Å². The summed E-state index contributed by atoms with van der Waals surface area (Å²) in [5.41, 5.74) is 2.36. The number of nitrogens with one attached hydrogen (secondary N) is 2. The highest BCUT2D eigenvalue weighted by molar-refractivity contribution is 14.0. The van der Waals surface area contributed by atoms with Crippen LogP contribution in [-0.2, 0) is 16.4 Å². The molecule has 0 aromatic heterocycles. The van der Waals surface area contributed by atoms with Crippen LogP contribution < -0.4 is 10.6 Å². The zero-order chi connectivity index (χ0) is 15.3. The molecule has 124 valence electrons. The van der Waals surface area contributed by atoms with Crippen molar-refractivity contribution in [2.75, 3.05) is 18.1 Å². The molecule has 7 heteroatoms. The quantitative estimate of drug-likeness (QED) is 0.429. The van der Waals surface area contributed by atoms with Crippen molar-refractivity contribution >= 4 is 39.8 Å². The Morgan fingerprint density at radius 3 is 2.77 bits per heavy atom. The minimum atomic E-state index is -2.87. The lowest BCUT2D eigenvalue weighted by molar-refractivity contribution is 0.599. The van der Waals surface area contributed by atoms with Crippen LogP contribution in [0.15, 0.2) is 29.3 Å². The standard InChI is InChI=1S/C15H23N3O2S.HI/c1-3-16-15(18-14-7-8-21(19,20)11-14)17-10-13-6-4-5-12(2)9-13;/h4-6,9,14H,3,7-8,10-11H2,1-2H3,(H2,16,17,18);1H. The van der Waals surface area contributed by atoms with Crippen LogP contribution in [0.4, 0.5) is 0 Å². The van der Waals surface area contributed by atoms with Gasteiger partial charge in [-0.3, -0.25) is 0 Å². The van der Waals surface area contributed by atoms with Crippen molar-refractivity contribution in [2.45, 2.75) is 32.9 Å². The van der Waals surface area contributed by atoms with Crippen molar-refractivity contribution in [2.24, 2.45) is 4.99 Å². The molecule has 0 saturated carbocycles. The van der Waals surface area contributed by atoms with Crippen molar-refractivity contribution in [3.8, 4) is 0 Å². The highest BCUT2D eigenvalue weighted by Gasteiger charge is 2.28. The summed E-state index contributed by atoms with van der Waals surface area (Å²) in [6.07, 6.45) is 0.650. The third-order valence-corrected chi connectivity index (χ3v) is 5.19. The lowest BCUT2D eigenvalue weighted by Gasteiger charge is -2.15. The van der Waals surface area contributed by atoms with Gasteiger partial charge in [0, 0.05) is 12.6 Å². The summed E-state index contributed by atoms with van der Waals surface area (Å²) in [6, 6.07) is 8.18. The van der Waals surface area contributed by atoms with Crippen LogP contribution in [-0.4, -0.2) is 38.5 Å². The summed E-state index contributed by atoms with van der Waals surface area (Å²) < 4.78 is 23.0. The summed E-state index contributed by atoms with van der Waals surface area (Å²) in [5, 5.41) is 6.38. The third-order valence-electron chi connectivity index (χ3n) is 3.42. The lowest BCUT2D eigenvalue weighted by atomic mass is 10.1. The molecule has 0 amide bonds. The minimum Gasteiger partial charge on any atom is -0.357 e. The maximum absolute atomic E-state index is 11.5. The Morgan fingerprint density at radius 1 is 1.41 bits per heavy atom. The number of nitrogens with zero attached hydrogens (tertiary/aromatic N) is 1. The third kappa shape index (κ3) is 6.12. The van der Waals surface area contributed by atoms with Gasteiger partial charge in [0.25, 0.3) is 0 Å². The van der Waals surface area contributed by atoms with Crippen molar-refractivity contribution in [1.82, 2.24) is 10.6 Å². The second-order valence-corrected chi connectivity index (χ2v) is 7.66. The van der Waals surface area contributed by atoms with Crippen molar-refractivity contribution in [3.05, 3.63) is 35.4 Å². The number of aliphatic imine (C=N–C) groups is 1. The molecular formula is C15H24IN3O2S. The van der Waals surface area contributed by atoms with Crippen molar-refractivity contribution < 1.29 is 8.42 Å². The van der Waals surface area contributed by atoms with Crippen LogP contribution in [0.2, 0.25) is 0 Å². The highest BCUT2D eigenvalue weighted by Crippen LogP contribution is 2.11. The Balaban J connectivity index is 0.00000242. The molecule has 1 aliphatic heterocycles. The van der Waals surface area contributed by atoms with E-state index in [2.05, 4.69) is 34.7 Å². The average molecular weight is 437 g/mol. The second-order valence-electron chi connectivity index (χ2n) is 5.43. The largest absolute Gasteiger partial charge is 0.357 e. The van der Waals surface area contributed by atoms with Gasteiger partial charge in [-0.1, -0.05) is 29.8 Å². The molecule has 1 aromatic carbocycles. The number of guanidine groups is 1. The monoisotopic (exact) mass is 437 g/mol. The van der Waals surface area contributed by atoms with E-state index in [-0.39, 0.29) is 41.5 Å². The molecule has 0 radical (unpaired) electrons. The molecule has 1 aromatic rings. The fourth-order valence-electron chi connectivity index (χ4n) is 2.40. The zero-order valence-electron chi connectivity index (χ0n) is 13.0. The van der Waals surface area contributed by atoms with Crippen LogP contribution in [0.25, 0.3) is 0 Å². The maximum Gasteiger partial charge on any atom is 0.191 e. The lowest BCUT2D eigenvalue weighted by Crippen LogP contribution is -2.44. The average Bonchev–Trinajstić information content (AvgIpc) is 2.76. The summed E-state index contributed by atoms with van der Waals surface area (Å²) in [7, 11) is -2.87. The van der Waals surface area contributed by atoms with Gasteiger partial charge in [0.05, 0.1) is 18.1 Å². The first-order valence-corrected chi connectivity index (χ1v) is 9.11. The van der Waals surface area contributed by atoms with Crippen LogP contribution >= 0.6 is 24.0 Å². The van der Waals surface area contributed by atoms with Gasteiger partial charge < -0.3 is 10.6 Å². The first-order valence-electron chi connectivity index (χ1n) is 7.29. The predicted octanol–water partition coefficient (Wildman–Crippen LogP) is 1.86. The fourth-order valence-corrected chi connectivity index (χ4v) is 4.08. The molecule has 1 aliphatic rings. The summed E-state index contributed by atoms with van der Waals surface area (Å²) in [4.78, 5) is 4.54. The molecule has 0 aliphatic carbocycles. The molecule has 2 rings (SSSR count). The number of hydrogen-bond acceptors (Lipinski definition) is 3. The van der Waals surface area contributed by atoms with Gasteiger partial charge >= 0.3 is 0 Å². The zero-order valence-corrected chi connectivity index (χ0v) is 16.1. The van der Waals surface area contributed by atoms with E-state index < -0.39 is 9.84 Å². The second kappa shape index (κ2) is 8.71. The van der Waals surface area contributed by atoms with Gasteiger partial charge in [-0.15, -0.1) is 24.0 Å². The van der Waals surface area contributed by atoms with E-state index in [0.717, 1.165) is 12.1 Å². The van der Waals surface area contributed by atoms with E-state index in [4.69, 9.17) is 0 Å². The van der Waals surface area contributed by atoms with Gasteiger partial charge in [-0.2, -0.15) is 0 Å². The Labute approximate surface area is 149 Å². The summed E-state index contributed by atoms with van der Waals surface area (Å²) in [5.74, 6) is 1.14. The van der Waals surface area contributed by atoms with E-state index >= 15 is 0 Å². The summed E-state index contributed by atoms with van der Waals surface area (Å²) >= 11 is 0. The molecule has 1 heterocycles. The maximum atomic E-state index is 11.5. The molecule has 1 saturated heterocycles. The van der Waals surface area contributed by atoms with Gasteiger partial charge in [0.2, 0.25) is 0 Å².